The van der Waals surface area contributed by atoms with Crippen LogP contribution in [0.1, 0.15) is 55.7 Å². The van der Waals surface area contributed by atoms with Crippen LogP contribution in [0.5, 0.6) is 5.75 Å². The molecular formula is C19H26N2O2. The highest BCUT2D eigenvalue weighted by Crippen LogP contribution is 2.32. The Morgan fingerprint density at radius 1 is 1.30 bits per heavy atom. The van der Waals surface area contributed by atoms with Crippen LogP contribution in [0.15, 0.2) is 34.9 Å². The van der Waals surface area contributed by atoms with Gasteiger partial charge in [-0.05, 0) is 50.4 Å². The van der Waals surface area contributed by atoms with E-state index in [4.69, 9.17) is 9.26 Å². The molecule has 0 unspecified atom stereocenters. The molecule has 0 radical (unpaired) electrons. The van der Waals surface area contributed by atoms with Crippen molar-refractivity contribution in [3.05, 3.63) is 47.3 Å². The third-order valence-electron chi connectivity index (χ3n) is 4.43. The molecule has 3 rings (SSSR count). The molecule has 1 aromatic carbocycles. The lowest BCUT2D eigenvalue weighted by Gasteiger charge is -2.22. The Balaban J connectivity index is 1.59. The molecule has 124 valence electrons. The van der Waals surface area contributed by atoms with Gasteiger partial charge in [-0.15, -0.1) is 0 Å². The molecule has 0 N–H and O–H groups in total. The number of rotatable bonds is 7. The normalized spacial score (nSPS) is 18.4. The van der Waals surface area contributed by atoms with E-state index in [9.17, 15) is 0 Å². The number of likely N-dealkylation sites (tertiary alicyclic amines) is 1. The number of ether oxygens (including phenoxy) is 1. The first-order valence-electron chi connectivity index (χ1n) is 8.65. The van der Waals surface area contributed by atoms with E-state index in [1.54, 1.807) is 0 Å². The minimum Gasteiger partial charge on any atom is -0.494 e. The van der Waals surface area contributed by atoms with Crippen LogP contribution >= 0.6 is 0 Å². The fourth-order valence-corrected chi connectivity index (χ4v) is 3.15. The number of hydrogen-bond acceptors (Lipinski definition) is 4. The molecule has 2 heterocycles. The number of benzene rings is 1. The van der Waals surface area contributed by atoms with Gasteiger partial charge in [0.1, 0.15) is 17.2 Å². The third kappa shape index (κ3) is 4.14. The molecule has 0 amide bonds. The van der Waals surface area contributed by atoms with E-state index < -0.39 is 0 Å². The molecule has 1 aromatic heterocycles. The molecule has 4 heteroatoms. The van der Waals surface area contributed by atoms with Crippen LogP contribution in [0.4, 0.5) is 0 Å². The Kier molecular flexibility index (Phi) is 5.34. The number of hydrogen-bond donors (Lipinski definition) is 0. The lowest BCUT2D eigenvalue weighted by molar-refractivity contribution is 0.236. The van der Waals surface area contributed by atoms with E-state index in [-0.39, 0.29) is 0 Å². The monoisotopic (exact) mass is 314 g/mol. The van der Waals surface area contributed by atoms with Gasteiger partial charge < -0.3 is 9.26 Å². The van der Waals surface area contributed by atoms with Crippen molar-refractivity contribution in [2.75, 3.05) is 13.2 Å². The predicted molar refractivity (Wildman–Crippen MR) is 90.5 cm³/mol. The average Bonchev–Trinajstić information content (AvgIpc) is 3.18. The van der Waals surface area contributed by atoms with Crippen molar-refractivity contribution in [2.45, 2.75) is 52.1 Å². The zero-order valence-electron chi connectivity index (χ0n) is 14.1. The highest BCUT2D eigenvalue weighted by Gasteiger charge is 2.28. The molecule has 1 aliphatic heterocycles. The van der Waals surface area contributed by atoms with Crippen LogP contribution in [-0.2, 0) is 6.54 Å². The summed E-state index contributed by atoms with van der Waals surface area (Å²) in [6.45, 7) is 7.00. The summed E-state index contributed by atoms with van der Waals surface area (Å²) in [5, 5.41) is 4.21. The van der Waals surface area contributed by atoms with Crippen molar-refractivity contribution < 1.29 is 9.26 Å². The van der Waals surface area contributed by atoms with Gasteiger partial charge in [0.2, 0.25) is 0 Å². The fraction of sp³-hybridized carbons (Fsp3) is 0.526. The van der Waals surface area contributed by atoms with Gasteiger partial charge in [0.25, 0.3) is 0 Å². The minimum atomic E-state index is 0.382. The molecule has 4 nitrogen and oxygen atoms in total. The zero-order chi connectivity index (χ0) is 16.1. The minimum absolute atomic E-state index is 0.382. The molecule has 2 aromatic rings. The maximum absolute atomic E-state index is 5.73. The Morgan fingerprint density at radius 2 is 2.13 bits per heavy atom. The Labute approximate surface area is 138 Å². The first kappa shape index (κ1) is 16.1. The van der Waals surface area contributed by atoms with Gasteiger partial charge in [-0.3, -0.25) is 4.90 Å². The van der Waals surface area contributed by atoms with Crippen LogP contribution in [0.2, 0.25) is 0 Å². The van der Waals surface area contributed by atoms with Gasteiger partial charge in [-0.2, -0.15) is 0 Å². The first-order chi connectivity index (χ1) is 11.3. The molecule has 1 saturated heterocycles. The maximum atomic E-state index is 5.73. The lowest BCUT2D eigenvalue weighted by Crippen LogP contribution is -2.22. The van der Waals surface area contributed by atoms with Crippen LogP contribution in [-0.4, -0.2) is 23.2 Å². The zero-order valence-corrected chi connectivity index (χ0v) is 14.1. The average molecular weight is 314 g/mol. The van der Waals surface area contributed by atoms with E-state index in [0.29, 0.717) is 6.04 Å². The quantitative estimate of drug-likeness (QED) is 0.705. The lowest BCUT2D eigenvalue weighted by atomic mass is 10.1. The van der Waals surface area contributed by atoms with E-state index in [2.05, 4.69) is 47.3 Å². The molecule has 0 bridgehead atoms. The summed E-state index contributed by atoms with van der Waals surface area (Å²) in [5.41, 5.74) is 2.39. The van der Waals surface area contributed by atoms with Crippen LogP contribution in [0.25, 0.3) is 0 Å². The van der Waals surface area contributed by atoms with Crippen LogP contribution < -0.4 is 4.74 Å². The summed E-state index contributed by atoms with van der Waals surface area (Å²) in [7, 11) is 0. The van der Waals surface area contributed by atoms with Crippen molar-refractivity contribution >= 4 is 0 Å². The van der Waals surface area contributed by atoms with Gasteiger partial charge >= 0.3 is 0 Å². The van der Waals surface area contributed by atoms with Crippen LogP contribution in [0.3, 0.4) is 0 Å². The van der Waals surface area contributed by atoms with Crippen molar-refractivity contribution in [1.82, 2.24) is 10.1 Å². The van der Waals surface area contributed by atoms with E-state index in [1.807, 2.05) is 6.92 Å². The summed E-state index contributed by atoms with van der Waals surface area (Å²) in [5.74, 6) is 1.85. The molecule has 1 fully saturated rings. The molecule has 0 spiro atoms. The summed E-state index contributed by atoms with van der Waals surface area (Å²) in [4.78, 5) is 2.49. The van der Waals surface area contributed by atoms with E-state index in [1.165, 1.54) is 12.0 Å². The standard InChI is InChI=1S/C19H26N2O2/c1-3-4-12-22-17-9-7-16(8-10-17)14-21-11-5-6-19(21)18-13-15(2)23-20-18/h7-10,13,19H,3-6,11-12,14H2,1-2H3/t19-/m0/s1. The number of unbranched alkanes of at least 4 members (excludes halogenated alkanes) is 1. The summed E-state index contributed by atoms with van der Waals surface area (Å²) in [6.07, 6.45) is 4.64. The van der Waals surface area contributed by atoms with Gasteiger partial charge in [-0.1, -0.05) is 30.6 Å². The summed E-state index contributed by atoms with van der Waals surface area (Å²) < 4.78 is 11.0. The summed E-state index contributed by atoms with van der Waals surface area (Å²) in [6, 6.07) is 10.9. The molecule has 0 saturated carbocycles. The Hall–Kier alpha value is -1.81. The van der Waals surface area contributed by atoms with Crippen molar-refractivity contribution in [3.8, 4) is 5.75 Å². The number of nitrogens with zero attached hydrogens (tertiary/aromatic N) is 2. The van der Waals surface area contributed by atoms with Gasteiger partial charge in [-0.25, -0.2) is 0 Å². The van der Waals surface area contributed by atoms with E-state index >= 15 is 0 Å². The summed E-state index contributed by atoms with van der Waals surface area (Å²) >= 11 is 0. The largest absolute Gasteiger partial charge is 0.494 e. The van der Waals surface area contributed by atoms with Crippen molar-refractivity contribution in [2.24, 2.45) is 0 Å². The van der Waals surface area contributed by atoms with Crippen molar-refractivity contribution in [3.63, 3.8) is 0 Å². The molecule has 1 atom stereocenters. The third-order valence-corrected chi connectivity index (χ3v) is 4.43. The maximum Gasteiger partial charge on any atom is 0.133 e. The van der Waals surface area contributed by atoms with Gasteiger partial charge in [0, 0.05) is 12.6 Å². The smallest absolute Gasteiger partial charge is 0.133 e. The molecule has 1 aliphatic rings. The Bertz CT molecular complexity index is 606. The SMILES string of the molecule is CCCCOc1ccc(CN2CCC[C@H]2c2cc(C)on2)cc1. The topological polar surface area (TPSA) is 38.5 Å². The number of aromatic nitrogens is 1. The predicted octanol–water partition coefficient (Wildman–Crippen LogP) is 4.50. The fourth-order valence-electron chi connectivity index (χ4n) is 3.15. The molecule has 0 aliphatic carbocycles. The number of aryl methyl sites for hydroxylation is 1. The second-order valence-corrected chi connectivity index (χ2v) is 6.34. The Morgan fingerprint density at radius 3 is 2.83 bits per heavy atom. The highest BCUT2D eigenvalue weighted by molar-refractivity contribution is 5.27. The molecular weight excluding hydrogens is 288 g/mol. The molecule has 23 heavy (non-hydrogen) atoms. The van der Waals surface area contributed by atoms with Crippen LogP contribution in [0, 0.1) is 6.92 Å². The van der Waals surface area contributed by atoms with E-state index in [0.717, 1.165) is 56.2 Å². The first-order valence-corrected chi connectivity index (χ1v) is 8.65. The van der Waals surface area contributed by atoms with Gasteiger partial charge in [0.05, 0.1) is 12.6 Å². The second kappa shape index (κ2) is 7.64. The highest BCUT2D eigenvalue weighted by atomic mass is 16.5. The van der Waals surface area contributed by atoms with Gasteiger partial charge in [0.15, 0.2) is 0 Å². The second-order valence-electron chi connectivity index (χ2n) is 6.34. The van der Waals surface area contributed by atoms with Crippen molar-refractivity contribution in [1.29, 1.82) is 0 Å².